The third-order valence-corrected chi connectivity index (χ3v) is 7.73. The number of para-hydroxylation sites is 2. The van der Waals surface area contributed by atoms with E-state index in [9.17, 15) is 0 Å². The third-order valence-electron chi connectivity index (χ3n) is 7.73. The summed E-state index contributed by atoms with van der Waals surface area (Å²) in [6, 6.07) is 51.7. The predicted octanol–water partition coefficient (Wildman–Crippen LogP) is 9.46. The van der Waals surface area contributed by atoms with Crippen molar-refractivity contribution in [2.75, 3.05) is 0 Å². The van der Waals surface area contributed by atoms with Gasteiger partial charge < -0.3 is 0 Å². The van der Waals surface area contributed by atoms with Gasteiger partial charge in [-0.05, 0) is 70.8 Å². The molecule has 0 aliphatic carbocycles. The highest BCUT2D eigenvalue weighted by atomic mass is 15.1. The van der Waals surface area contributed by atoms with Gasteiger partial charge in [0.05, 0.1) is 21.9 Å². The minimum Gasteiger partial charge on any atom is -0.295 e. The third kappa shape index (κ3) is 3.49. The first kappa shape index (κ1) is 22.6. The standard InChI is InChI=1S/C37H25N3/c1-4-13-26(14-5-1)28-23-29(27-15-6-2-7-16-27)25-31(24-28)40-34-21-12-22-38-36(34)35-32-19-10-11-20-33(32)39(37(35)40)30-17-8-3-9-18-30/h1-25H. The second kappa shape index (κ2) is 9.11. The Balaban J connectivity index is 1.54. The van der Waals surface area contributed by atoms with E-state index in [2.05, 4.69) is 149 Å². The van der Waals surface area contributed by atoms with E-state index in [1.165, 1.54) is 38.5 Å². The molecule has 0 atom stereocenters. The molecule has 0 radical (unpaired) electrons. The molecule has 8 rings (SSSR count). The Bertz CT molecular complexity index is 2080. The zero-order chi connectivity index (χ0) is 26.5. The summed E-state index contributed by atoms with van der Waals surface area (Å²) < 4.78 is 4.77. The maximum atomic E-state index is 4.94. The largest absolute Gasteiger partial charge is 0.295 e. The molecule has 0 unspecified atom stereocenters. The Kier molecular flexibility index (Phi) is 5.14. The topological polar surface area (TPSA) is 22.8 Å². The minimum atomic E-state index is 1.01. The maximum Gasteiger partial charge on any atom is 0.133 e. The molecule has 0 aliphatic rings. The van der Waals surface area contributed by atoms with Crippen LogP contribution in [-0.4, -0.2) is 14.1 Å². The van der Waals surface area contributed by atoms with Crippen molar-refractivity contribution in [3.63, 3.8) is 0 Å². The molecule has 0 amide bonds. The summed E-state index contributed by atoms with van der Waals surface area (Å²) in [5.41, 5.74) is 11.4. The van der Waals surface area contributed by atoms with Gasteiger partial charge in [-0.1, -0.05) is 97.1 Å². The van der Waals surface area contributed by atoms with Crippen LogP contribution in [0, 0.1) is 0 Å². The number of rotatable bonds is 4. The summed E-state index contributed by atoms with van der Waals surface area (Å²) in [5, 5.41) is 2.37. The van der Waals surface area contributed by atoms with Gasteiger partial charge in [0.15, 0.2) is 0 Å². The monoisotopic (exact) mass is 511 g/mol. The molecule has 3 aromatic heterocycles. The summed E-state index contributed by atoms with van der Waals surface area (Å²) in [6.07, 6.45) is 1.90. The number of fused-ring (bicyclic) bond motifs is 5. The van der Waals surface area contributed by atoms with Crippen molar-refractivity contribution in [1.29, 1.82) is 0 Å². The van der Waals surface area contributed by atoms with E-state index >= 15 is 0 Å². The Morgan fingerprint density at radius 2 is 0.975 bits per heavy atom. The van der Waals surface area contributed by atoms with Crippen LogP contribution in [0.3, 0.4) is 0 Å². The molecular weight excluding hydrogens is 486 g/mol. The van der Waals surface area contributed by atoms with Crippen molar-refractivity contribution in [3.8, 4) is 33.6 Å². The van der Waals surface area contributed by atoms with Crippen LogP contribution in [0.5, 0.6) is 0 Å². The first-order chi connectivity index (χ1) is 19.9. The molecule has 0 bridgehead atoms. The predicted molar refractivity (Wildman–Crippen MR) is 166 cm³/mol. The Morgan fingerprint density at radius 1 is 0.425 bits per heavy atom. The first-order valence-corrected chi connectivity index (χ1v) is 13.6. The van der Waals surface area contributed by atoms with Crippen molar-refractivity contribution in [2.45, 2.75) is 0 Å². The molecule has 3 heteroatoms. The molecule has 8 aromatic rings. The highest BCUT2D eigenvalue weighted by Crippen LogP contribution is 2.41. The van der Waals surface area contributed by atoms with Crippen LogP contribution in [0.15, 0.2) is 152 Å². The molecule has 0 fully saturated rings. The number of nitrogens with zero attached hydrogens (tertiary/aromatic N) is 3. The quantitative estimate of drug-likeness (QED) is 0.231. The van der Waals surface area contributed by atoms with E-state index in [1.54, 1.807) is 0 Å². The van der Waals surface area contributed by atoms with Gasteiger partial charge in [-0.15, -0.1) is 0 Å². The lowest BCUT2D eigenvalue weighted by Crippen LogP contribution is -2.02. The van der Waals surface area contributed by atoms with Crippen LogP contribution >= 0.6 is 0 Å². The number of aromatic nitrogens is 3. The van der Waals surface area contributed by atoms with Gasteiger partial charge in [0.1, 0.15) is 5.65 Å². The lowest BCUT2D eigenvalue weighted by atomic mass is 9.98. The molecule has 40 heavy (non-hydrogen) atoms. The lowest BCUT2D eigenvalue weighted by Gasteiger charge is -2.16. The van der Waals surface area contributed by atoms with Gasteiger partial charge >= 0.3 is 0 Å². The van der Waals surface area contributed by atoms with E-state index in [4.69, 9.17) is 4.98 Å². The fourth-order valence-corrected chi connectivity index (χ4v) is 5.99. The van der Waals surface area contributed by atoms with Gasteiger partial charge in [-0.2, -0.15) is 0 Å². The van der Waals surface area contributed by atoms with E-state index in [0.717, 1.165) is 28.1 Å². The fraction of sp³-hybridized carbons (Fsp3) is 0. The minimum absolute atomic E-state index is 1.01. The van der Waals surface area contributed by atoms with Crippen molar-refractivity contribution >= 4 is 33.0 Å². The number of hydrogen-bond acceptors (Lipinski definition) is 1. The number of pyridine rings is 1. The van der Waals surface area contributed by atoms with Crippen molar-refractivity contribution in [3.05, 3.63) is 152 Å². The fourth-order valence-electron chi connectivity index (χ4n) is 5.99. The van der Waals surface area contributed by atoms with E-state index in [1.807, 2.05) is 12.3 Å². The molecule has 3 heterocycles. The molecule has 188 valence electrons. The molecule has 0 aliphatic heterocycles. The van der Waals surface area contributed by atoms with Crippen molar-refractivity contribution in [1.82, 2.24) is 14.1 Å². The summed E-state index contributed by atoms with van der Waals surface area (Å²) in [7, 11) is 0. The van der Waals surface area contributed by atoms with Gasteiger partial charge in [0, 0.05) is 23.0 Å². The van der Waals surface area contributed by atoms with Crippen LogP contribution in [0.1, 0.15) is 0 Å². The van der Waals surface area contributed by atoms with Crippen molar-refractivity contribution in [2.24, 2.45) is 0 Å². The van der Waals surface area contributed by atoms with Gasteiger partial charge in [0.2, 0.25) is 0 Å². The van der Waals surface area contributed by atoms with Gasteiger partial charge in [0.25, 0.3) is 0 Å². The van der Waals surface area contributed by atoms with Crippen LogP contribution in [0.25, 0.3) is 66.6 Å². The average molecular weight is 512 g/mol. The molecule has 5 aromatic carbocycles. The maximum absolute atomic E-state index is 4.94. The molecular formula is C37H25N3. The van der Waals surface area contributed by atoms with Crippen LogP contribution < -0.4 is 0 Å². The highest BCUT2D eigenvalue weighted by molar-refractivity contribution is 6.21. The summed E-state index contributed by atoms with van der Waals surface area (Å²) in [4.78, 5) is 4.94. The summed E-state index contributed by atoms with van der Waals surface area (Å²) >= 11 is 0. The molecule has 0 spiro atoms. The number of hydrogen-bond donors (Lipinski definition) is 0. The van der Waals surface area contributed by atoms with Crippen LogP contribution in [0.2, 0.25) is 0 Å². The average Bonchev–Trinajstić information content (AvgIpc) is 3.55. The SMILES string of the molecule is c1ccc(-c2cc(-c3ccccc3)cc(-n3c4cccnc4c4c5ccccc5n(-c5ccccc5)c43)c2)cc1. The van der Waals surface area contributed by atoms with Crippen molar-refractivity contribution < 1.29 is 0 Å². The van der Waals surface area contributed by atoms with E-state index < -0.39 is 0 Å². The Hall–Kier alpha value is -5.41. The van der Waals surface area contributed by atoms with Crippen LogP contribution in [-0.2, 0) is 0 Å². The summed E-state index contributed by atoms with van der Waals surface area (Å²) in [5.74, 6) is 0. The molecule has 0 saturated heterocycles. The molecule has 0 saturated carbocycles. The lowest BCUT2D eigenvalue weighted by molar-refractivity contribution is 1.07. The Morgan fingerprint density at radius 3 is 1.65 bits per heavy atom. The highest BCUT2D eigenvalue weighted by Gasteiger charge is 2.23. The van der Waals surface area contributed by atoms with Crippen LogP contribution in [0.4, 0.5) is 0 Å². The summed E-state index contributed by atoms with van der Waals surface area (Å²) in [6.45, 7) is 0. The number of benzene rings is 5. The zero-order valence-corrected chi connectivity index (χ0v) is 21.8. The normalized spacial score (nSPS) is 11.5. The van der Waals surface area contributed by atoms with Gasteiger partial charge in [-0.25, -0.2) is 0 Å². The smallest absolute Gasteiger partial charge is 0.133 e. The zero-order valence-electron chi connectivity index (χ0n) is 21.8. The van der Waals surface area contributed by atoms with E-state index in [-0.39, 0.29) is 0 Å². The molecule has 0 N–H and O–H groups in total. The second-order valence-electron chi connectivity index (χ2n) is 10.1. The first-order valence-electron chi connectivity index (χ1n) is 13.6. The van der Waals surface area contributed by atoms with Gasteiger partial charge in [-0.3, -0.25) is 14.1 Å². The molecule has 3 nitrogen and oxygen atoms in total. The Labute approximate surface area is 232 Å². The second-order valence-corrected chi connectivity index (χ2v) is 10.1. The van der Waals surface area contributed by atoms with E-state index in [0.29, 0.717) is 0 Å².